The zero-order chi connectivity index (χ0) is 24.0. The number of benzene rings is 2. The lowest BCUT2D eigenvalue weighted by molar-refractivity contribution is -0.117. The number of aryl methyl sites for hydroxylation is 2. The molecule has 3 heterocycles. The number of carbonyl (C=O) groups excluding carboxylic acids is 2. The van der Waals surface area contributed by atoms with Crippen LogP contribution in [0.2, 0.25) is 0 Å². The van der Waals surface area contributed by atoms with Crippen molar-refractivity contribution in [2.45, 2.75) is 19.9 Å². The van der Waals surface area contributed by atoms with E-state index in [2.05, 4.69) is 4.98 Å². The van der Waals surface area contributed by atoms with Crippen LogP contribution in [0.5, 0.6) is 5.75 Å². The lowest BCUT2D eigenvalue weighted by atomic mass is 9.97. The number of para-hydroxylation sites is 1. The molecule has 5 rings (SSSR count). The highest BCUT2D eigenvalue weighted by molar-refractivity contribution is 6.20. The molecule has 1 N–H and O–H groups in total. The first-order chi connectivity index (χ1) is 16.4. The predicted molar refractivity (Wildman–Crippen MR) is 127 cm³/mol. The Morgan fingerprint density at radius 1 is 1.06 bits per heavy atom. The number of furan rings is 1. The standard InChI is InChI=1S/C27H22N2O5/c1-15-10-11-18(13-16(15)2)29-23(19-8-4-5-12-28-19)22(25(31)27(29)32)24(30)21-14-17-7-6-9-20(33-3)26(17)34-21/h4-14,23,31H,1-3H3. The van der Waals surface area contributed by atoms with E-state index in [9.17, 15) is 14.7 Å². The van der Waals surface area contributed by atoms with Gasteiger partial charge >= 0.3 is 0 Å². The van der Waals surface area contributed by atoms with Crippen LogP contribution in [0.25, 0.3) is 11.0 Å². The highest BCUT2D eigenvalue weighted by atomic mass is 16.5. The van der Waals surface area contributed by atoms with E-state index in [0.717, 1.165) is 11.1 Å². The summed E-state index contributed by atoms with van der Waals surface area (Å²) in [5.41, 5.74) is 3.39. The molecule has 0 bridgehead atoms. The number of rotatable bonds is 5. The summed E-state index contributed by atoms with van der Waals surface area (Å²) in [5, 5.41) is 11.6. The molecule has 0 saturated heterocycles. The SMILES string of the molecule is COc1cccc2cc(C(=O)C3=C(O)C(=O)N(c4ccc(C)c(C)c4)C3c3ccccn3)oc12. The number of fused-ring (bicyclic) bond motifs is 1. The number of carbonyl (C=O) groups is 2. The number of ketones is 1. The van der Waals surface area contributed by atoms with Crippen LogP contribution in [-0.2, 0) is 4.79 Å². The van der Waals surface area contributed by atoms with Crippen LogP contribution < -0.4 is 9.64 Å². The van der Waals surface area contributed by atoms with Gasteiger partial charge in [0.25, 0.3) is 5.91 Å². The molecule has 1 aliphatic heterocycles. The van der Waals surface area contributed by atoms with E-state index in [1.165, 1.54) is 12.0 Å². The molecule has 0 spiro atoms. The summed E-state index contributed by atoms with van der Waals surface area (Å²) >= 11 is 0. The van der Waals surface area contributed by atoms with Crippen LogP contribution >= 0.6 is 0 Å². The third-order valence-electron chi connectivity index (χ3n) is 6.14. The Morgan fingerprint density at radius 3 is 2.59 bits per heavy atom. The molecule has 1 amide bonds. The lowest BCUT2D eigenvalue weighted by Crippen LogP contribution is -2.31. The molecule has 2 aromatic carbocycles. The van der Waals surface area contributed by atoms with Crippen molar-refractivity contribution in [3.8, 4) is 5.75 Å². The molecule has 7 heteroatoms. The number of amides is 1. The smallest absolute Gasteiger partial charge is 0.294 e. The normalized spacial score (nSPS) is 15.9. The first-order valence-electron chi connectivity index (χ1n) is 10.8. The van der Waals surface area contributed by atoms with E-state index < -0.39 is 23.5 Å². The largest absolute Gasteiger partial charge is 0.503 e. The highest BCUT2D eigenvalue weighted by Gasteiger charge is 2.46. The van der Waals surface area contributed by atoms with Gasteiger partial charge in [0.15, 0.2) is 22.9 Å². The van der Waals surface area contributed by atoms with Crippen molar-refractivity contribution in [2.75, 3.05) is 12.0 Å². The van der Waals surface area contributed by atoms with Crippen LogP contribution in [0.1, 0.15) is 33.4 Å². The topological polar surface area (TPSA) is 92.9 Å². The van der Waals surface area contributed by atoms with E-state index in [-0.39, 0.29) is 11.3 Å². The van der Waals surface area contributed by atoms with Gasteiger partial charge in [0.1, 0.15) is 6.04 Å². The van der Waals surface area contributed by atoms with Crippen molar-refractivity contribution in [1.29, 1.82) is 0 Å². The quantitative estimate of drug-likeness (QED) is 0.415. The zero-order valence-corrected chi connectivity index (χ0v) is 18.9. The fraction of sp³-hybridized carbons (Fsp3) is 0.148. The second-order valence-electron chi connectivity index (χ2n) is 8.18. The molecule has 4 aromatic rings. The van der Waals surface area contributed by atoms with Gasteiger partial charge < -0.3 is 14.3 Å². The van der Waals surface area contributed by atoms with Gasteiger partial charge in [-0.3, -0.25) is 19.5 Å². The minimum atomic E-state index is -0.918. The fourth-order valence-electron chi connectivity index (χ4n) is 4.24. The molecule has 34 heavy (non-hydrogen) atoms. The second-order valence-corrected chi connectivity index (χ2v) is 8.18. The summed E-state index contributed by atoms with van der Waals surface area (Å²) in [4.78, 5) is 32.8. The van der Waals surface area contributed by atoms with Crippen LogP contribution in [0.15, 0.2) is 82.6 Å². The van der Waals surface area contributed by atoms with E-state index in [4.69, 9.17) is 9.15 Å². The van der Waals surface area contributed by atoms with Gasteiger partial charge in [-0.05, 0) is 61.4 Å². The van der Waals surface area contributed by atoms with Gasteiger partial charge in [-0.15, -0.1) is 0 Å². The van der Waals surface area contributed by atoms with Gasteiger partial charge in [-0.2, -0.15) is 0 Å². The molecule has 0 radical (unpaired) electrons. The van der Waals surface area contributed by atoms with E-state index in [1.807, 2.05) is 26.0 Å². The summed E-state index contributed by atoms with van der Waals surface area (Å²) in [6, 6.07) is 16.8. The molecule has 2 aromatic heterocycles. The molecule has 0 aliphatic carbocycles. The molecule has 1 unspecified atom stereocenters. The Kier molecular flexibility index (Phi) is 5.17. The van der Waals surface area contributed by atoms with Crippen molar-refractivity contribution >= 4 is 28.3 Å². The van der Waals surface area contributed by atoms with Gasteiger partial charge in [0.2, 0.25) is 5.78 Å². The van der Waals surface area contributed by atoms with Gasteiger partial charge in [-0.1, -0.05) is 24.3 Å². The average Bonchev–Trinajstić information content (AvgIpc) is 3.40. The first-order valence-corrected chi connectivity index (χ1v) is 10.8. The summed E-state index contributed by atoms with van der Waals surface area (Å²) in [6.45, 7) is 3.91. The molecule has 1 aliphatic rings. The summed E-state index contributed by atoms with van der Waals surface area (Å²) in [7, 11) is 1.52. The number of aliphatic hydroxyl groups is 1. The number of Topliss-reactive ketones (excluding diaryl/α,β-unsaturated/α-hetero) is 1. The number of anilines is 1. The monoisotopic (exact) mass is 454 g/mol. The third kappa shape index (κ3) is 3.33. The van der Waals surface area contributed by atoms with Crippen molar-refractivity contribution in [3.05, 3.63) is 101 Å². The third-order valence-corrected chi connectivity index (χ3v) is 6.14. The Labute approximate surface area is 195 Å². The number of pyridine rings is 1. The molecular weight excluding hydrogens is 432 g/mol. The number of methoxy groups -OCH3 is 1. The summed E-state index contributed by atoms with van der Waals surface area (Å²) in [6.07, 6.45) is 1.59. The average molecular weight is 454 g/mol. The maximum absolute atomic E-state index is 13.7. The number of hydrogen-bond acceptors (Lipinski definition) is 6. The predicted octanol–water partition coefficient (Wildman–Crippen LogP) is 5.24. The van der Waals surface area contributed by atoms with E-state index in [1.54, 1.807) is 54.7 Å². The summed E-state index contributed by atoms with van der Waals surface area (Å²) in [5.74, 6) is -1.40. The molecular formula is C27H22N2O5. The maximum Gasteiger partial charge on any atom is 0.294 e. The van der Waals surface area contributed by atoms with E-state index in [0.29, 0.717) is 28.1 Å². The second kappa shape index (κ2) is 8.19. The minimum Gasteiger partial charge on any atom is -0.503 e. The number of nitrogens with zero attached hydrogens (tertiary/aromatic N) is 2. The van der Waals surface area contributed by atoms with Crippen molar-refractivity contribution in [3.63, 3.8) is 0 Å². The van der Waals surface area contributed by atoms with Crippen LogP contribution in [0, 0.1) is 13.8 Å². The van der Waals surface area contributed by atoms with Gasteiger partial charge in [0.05, 0.1) is 18.4 Å². The number of hydrogen-bond donors (Lipinski definition) is 1. The Balaban J connectivity index is 1.66. The van der Waals surface area contributed by atoms with Crippen molar-refractivity contribution in [2.24, 2.45) is 0 Å². The fourth-order valence-corrected chi connectivity index (χ4v) is 4.24. The highest BCUT2D eigenvalue weighted by Crippen LogP contribution is 2.42. The number of aliphatic hydroxyl groups excluding tert-OH is 1. The summed E-state index contributed by atoms with van der Waals surface area (Å²) < 4.78 is 11.2. The van der Waals surface area contributed by atoms with Crippen LogP contribution in [-0.4, -0.2) is 28.9 Å². The van der Waals surface area contributed by atoms with Crippen molar-refractivity contribution in [1.82, 2.24) is 4.98 Å². The molecule has 0 saturated carbocycles. The Hall–Kier alpha value is -4.39. The van der Waals surface area contributed by atoms with Gasteiger partial charge in [-0.25, -0.2) is 0 Å². The molecule has 1 atom stereocenters. The van der Waals surface area contributed by atoms with Gasteiger partial charge in [0, 0.05) is 17.3 Å². The van der Waals surface area contributed by atoms with Crippen LogP contribution in [0.3, 0.4) is 0 Å². The maximum atomic E-state index is 13.7. The molecule has 7 nitrogen and oxygen atoms in total. The van der Waals surface area contributed by atoms with Crippen LogP contribution in [0.4, 0.5) is 5.69 Å². The number of aromatic nitrogens is 1. The molecule has 0 fully saturated rings. The Bertz CT molecular complexity index is 1470. The number of ether oxygens (including phenoxy) is 1. The lowest BCUT2D eigenvalue weighted by Gasteiger charge is -2.26. The first kappa shape index (κ1) is 21.5. The Morgan fingerprint density at radius 2 is 1.88 bits per heavy atom. The minimum absolute atomic E-state index is 0.00304. The van der Waals surface area contributed by atoms with Crippen molar-refractivity contribution < 1.29 is 23.8 Å². The molecule has 170 valence electrons. The van der Waals surface area contributed by atoms with E-state index >= 15 is 0 Å². The zero-order valence-electron chi connectivity index (χ0n) is 18.9.